The molecular formula is C21H18ClF3N4O. The summed E-state index contributed by atoms with van der Waals surface area (Å²) in [6, 6.07) is 14.8. The summed E-state index contributed by atoms with van der Waals surface area (Å²) in [6.07, 6.45) is -4.75. The van der Waals surface area contributed by atoms with Crippen LogP contribution < -0.4 is 10.6 Å². The van der Waals surface area contributed by atoms with E-state index in [-0.39, 0.29) is 24.5 Å². The summed E-state index contributed by atoms with van der Waals surface area (Å²) >= 11 is 5.89. The lowest BCUT2D eigenvalue weighted by Crippen LogP contribution is -2.35. The van der Waals surface area contributed by atoms with E-state index >= 15 is 0 Å². The maximum atomic E-state index is 13.7. The molecule has 0 saturated heterocycles. The van der Waals surface area contributed by atoms with Gasteiger partial charge in [0.1, 0.15) is 5.82 Å². The average Bonchev–Trinajstić information content (AvgIpc) is 3.16. The van der Waals surface area contributed by atoms with Crippen LogP contribution in [0.4, 0.5) is 19.0 Å². The van der Waals surface area contributed by atoms with Gasteiger partial charge in [0.05, 0.1) is 6.04 Å². The molecule has 2 heterocycles. The van der Waals surface area contributed by atoms with E-state index in [0.29, 0.717) is 10.6 Å². The van der Waals surface area contributed by atoms with Gasteiger partial charge < -0.3 is 10.6 Å². The molecule has 156 valence electrons. The monoisotopic (exact) mass is 434 g/mol. The molecule has 2 N–H and O–H groups in total. The molecule has 1 amide bonds. The van der Waals surface area contributed by atoms with Crippen LogP contribution in [-0.2, 0) is 6.54 Å². The van der Waals surface area contributed by atoms with E-state index in [1.807, 2.05) is 30.3 Å². The molecule has 0 unspecified atom stereocenters. The Labute approximate surface area is 175 Å². The van der Waals surface area contributed by atoms with Crippen LogP contribution in [0.5, 0.6) is 0 Å². The Bertz CT molecular complexity index is 1030. The van der Waals surface area contributed by atoms with Gasteiger partial charge in [-0.2, -0.15) is 18.3 Å². The van der Waals surface area contributed by atoms with Crippen LogP contribution in [0, 0.1) is 0 Å². The number of aromatic nitrogens is 2. The highest BCUT2D eigenvalue weighted by atomic mass is 35.5. The summed E-state index contributed by atoms with van der Waals surface area (Å²) in [7, 11) is 0. The average molecular weight is 435 g/mol. The summed E-state index contributed by atoms with van der Waals surface area (Å²) in [6.45, 7) is 0.255. The van der Waals surface area contributed by atoms with Crippen molar-refractivity contribution < 1.29 is 18.0 Å². The predicted octanol–water partition coefficient (Wildman–Crippen LogP) is 5.13. The molecule has 30 heavy (non-hydrogen) atoms. The first-order valence-electron chi connectivity index (χ1n) is 9.31. The minimum Gasteiger partial charge on any atom is -0.363 e. The van der Waals surface area contributed by atoms with Crippen molar-refractivity contribution in [1.82, 2.24) is 15.1 Å². The van der Waals surface area contributed by atoms with Crippen molar-refractivity contribution in [3.05, 3.63) is 82.5 Å². The summed E-state index contributed by atoms with van der Waals surface area (Å²) in [4.78, 5) is 12.5. The Kier molecular flexibility index (Phi) is 5.42. The molecule has 0 fully saturated rings. The molecule has 2 atom stereocenters. The van der Waals surface area contributed by atoms with Crippen molar-refractivity contribution in [2.24, 2.45) is 0 Å². The number of amides is 1. The summed E-state index contributed by atoms with van der Waals surface area (Å²) in [5.41, 5.74) is 1.49. The minimum atomic E-state index is -4.51. The van der Waals surface area contributed by atoms with Crippen molar-refractivity contribution in [1.29, 1.82) is 0 Å². The van der Waals surface area contributed by atoms with Gasteiger partial charge in [0, 0.05) is 24.1 Å². The zero-order valence-corrected chi connectivity index (χ0v) is 16.4. The molecule has 2 aromatic carbocycles. The molecule has 0 radical (unpaired) electrons. The third kappa shape index (κ3) is 4.28. The van der Waals surface area contributed by atoms with Gasteiger partial charge in [-0.05, 0) is 23.3 Å². The zero-order valence-electron chi connectivity index (χ0n) is 15.7. The topological polar surface area (TPSA) is 59.0 Å². The number of alkyl halides is 3. The Morgan fingerprint density at radius 2 is 1.87 bits per heavy atom. The number of hydrogen-bond donors (Lipinski definition) is 2. The number of anilines is 1. The van der Waals surface area contributed by atoms with Crippen molar-refractivity contribution >= 4 is 23.3 Å². The van der Waals surface area contributed by atoms with Crippen LogP contribution in [0.25, 0.3) is 0 Å². The van der Waals surface area contributed by atoms with Gasteiger partial charge in [0.2, 0.25) is 0 Å². The molecular weight excluding hydrogens is 417 g/mol. The van der Waals surface area contributed by atoms with Gasteiger partial charge in [-0.15, -0.1) is 0 Å². The standard InChI is InChI=1S/C21H18ClF3N4O/c22-15-8-6-14(7-9-15)16-10-18(21(23,24)25)29-19(27-16)11-17(28-29)20(30)26-12-13-4-2-1-3-5-13/h1-9,11,16,18,27H,10,12H2,(H,26,30)/t16-,18-/m1/s1. The third-order valence-electron chi connectivity index (χ3n) is 4.99. The number of nitrogens with zero attached hydrogens (tertiary/aromatic N) is 2. The van der Waals surface area contributed by atoms with E-state index in [9.17, 15) is 18.0 Å². The van der Waals surface area contributed by atoms with Gasteiger partial charge >= 0.3 is 6.18 Å². The van der Waals surface area contributed by atoms with Gasteiger partial charge in [0.25, 0.3) is 5.91 Å². The number of carbonyl (C=O) groups excluding carboxylic acids is 1. The molecule has 1 aliphatic heterocycles. The molecule has 0 saturated carbocycles. The van der Waals surface area contributed by atoms with Crippen LogP contribution in [-0.4, -0.2) is 21.9 Å². The van der Waals surface area contributed by atoms with Crippen molar-refractivity contribution in [2.75, 3.05) is 5.32 Å². The Morgan fingerprint density at radius 1 is 1.17 bits per heavy atom. The van der Waals surface area contributed by atoms with Gasteiger partial charge in [0.15, 0.2) is 11.7 Å². The highest BCUT2D eigenvalue weighted by Crippen LogP contribution is 2.43. The number of nitrogens with one attached hydrogen (secondary N) is 2. The molecule has 3 aromatic rings. The Balaban J connectivity index is 1.58. The second-order valence-corrected chi connectivity index (χ2v) is 7.51. The summed E-state index contributed by atoms with van der Waals surface area (Å²) in [5, 5.41) is 10.2. The van der Waals surface area contributed by atoms with Gasteiger partial charge in [-0.3, -0.25) is 4.79 Å². The molecule has 4 rings (SSSR count). The number of carbonyl (C=O) groups is 1. The van der Waals surface area contributed by atoms with E-state index < -0.39 is 24.2 Å². The zero-order chi connectivity index (χ0) is 21.3. The first-order chi connectivity index (χ1) is 14.3. The lowest BCUT2D eigenvalue weighted by molar-refractivity contribution is -0.173. The molecule has 9 heteroatoms. The Morgan fingerprint density at radius 3 is 2.53 bits per heavy atom. The quantitative estimate of drug-likeness (QED) is 0.598. The summed E-state index contributed by atoms with van der Waals surface area (Å²) in [5.74, 6) is -0.389. The molecule has 0 bridgehead atoms. The smallest absolute Gasteiger partial charge is 0.363 e. The molecule has 1 aromatic heterocycles. The Hall–Kier alpha value is -3.00. The van der Waals surface area contributed by atoms with Crippen molar-refractivity contribution in [3.63, 3.8) is 0 Å². The maximum absolute atomic E-state index is 13.7. The van der Waals surface area contributed by atoms with Gasteiger partial charge in [-0.25, -0.2) is 4.68 Å². The van der Waals surface area contributed by atoms with Crippen LogP contribution >= 0.6 is 11.6 Å². The number of halogens is 4. The number of benzene rings is 2. The van der Waals surface area contributed by atoms with Crippen molar-refractivity contribution in [2.45, 2.75) is 31.2 Å². The number of hydrogen-bond acceptors (Lipinski definition) is 3. The first kappa shape index (κ1) is 20.3. The van der Waals surface area contributed by atoms with Crippen LogP contribution in [0.2, 0.25) is 5.02 Å². The predicted molar refractivity (Wildman–Crippen MR) is 107 cm³/mol. The van der Waals surface area contributed by atoms with Crippen LogP contribution in [0.3, 0.4) is 0 Å². The highest BCUT2D eigenvalue weighted by Gasteiger charge is 2.46. The number of fused-ring (bicyclic) bond motifs is 1. The molecule has 0 spiro atoms. The van der Waals surface area contributed by atoms with E-state index in [1.54, 1.807) is 24.3 Å². The SMILES string of the molecule is O=C(NCc1ccccc1)c1cc2n(n1)[C@@H](C(F)(F)F)C[C@H](c1ccc(Cl)cc1)N2. The fourth-order valence-corrected chi connectivity index (χ4v) is 3.59. The molecule has 1 aliphatic rings. The summed E-state index contributed by atoms with van der Waals surface area (Å²) < 4.78 is 42.1. The largest absolute Gasteiger partial charge is 0.410 e. The fraction of sp³-hybridized carbons (Fsp3) is 0.238. The number of rotatable bonds is 4. The maximum Gasteiger partial charge on any atom is 0.410 e. The lowest BCUT2D eigenvalue weighted by atomic mass is 9.97. The normalized spacial score (nSPS) is 18.4. The van der Waals surface area contributed by atoms with E-state index in [4.69, 9.17) is 11.6 Å². The van der Waals surface area contributed by atoms with E-state index in [2.05, 4.69) is 15.7 Å². The van der Waals surface area contributed by atoms with Crippen LogP contribution in [0.1, 0.15) is 40.1 Å². The second-order valence-electron chi connectivity index (χ2n) is 7.07. The van der Waals surface area contributed by atoms with E-state index in [1.165, 1.54) is 6.07 Å². The second kappa shape index (κ2) is 8.02. The fourth-order valence-electron chi connectivity index (χ4n) is 3.47. The highest BCUT2D eigenvalue weighted by molar-refractivity contribution is 6.30. The first-order valence-corrected chi connectivity index (χ1v) is 9.69. The van der Waals surface area contributed by atoms with E-state index in [0.717, 1.165) is 10.2 Å². The molecule has 0 aliphatic carbocycles. The van der Waals surface area contributed by atoms with Gasteiger partial charge in [-0.1, -0.05) is 54.1 Å². The lowest BCUT2D eigenvalue weighted by Gasteiger charge is -2.33. The minimum absolute atomic E-state index is 0.0700. The van der Waals surface area contributed by atoms with Crippen molar-refractivity contribution in [3.8, 4) is 0 Å². The third-order valence-corrected chi connectivity index (χ3v) is 5.24. The van der Waals surface area contributed by atoms with Crippen LogP contribution in [0.15, 0.2) is 60.7 Å². The molecule has 5 nitrogen and oxygen atoms in total.